The van der Waals surface area contributed by atoms with Gasteiger partial charge in [-0.2, -0.15) is 4.31 Å². The number of nitrogens with zero attached hydrogens (tertiary/aromatic N) is 2. The molecule has 0 saturated heterocycles. The normalized spacial score (nSPS) is 15.2. The Morgan fingerprint density at radius 1 is 1.43 bits per heavy atom. The fourth-order valence-corrected chi connectivity index (χ4v) is 4.01. The Hall–Kier alpha value is -2.10. The van der Waals surface area contributed by atoms with E-state index < -0.39 is 16.2 Å². The van der Waals surface area contributed by atoms with Crippen LogP contribution in [0.2, 0.25) is 5.02 Å². The molecule has 2 heterocycles. The Bertz CT molecular complexity index is 863. The van der Waals surface area contributed by atoms with Crippen LogP contribution in [0.4, 0.5) is 4.79 Å². The Balaban J connectivity index is 1.92. The molecule has 10 heteroatoms. The monoisotopic (exact) mass is 358 g/mol. The van der Waals surface area contributed by atoms with Gasteiger partial charge in [-0.3, -0.25) is 0 Å². The average molecular weight is 359 g/mol. The van der Waals surface area contributed by atoms with Crippen LogP contribution in [0.25, 0.3) is 0 Å². The largest absolute Gasteiger partial charge is 0.512 e. The maximum Gasteiger partial charge on any atom is 0.512 e. The maximum atomic E-state index is 12.7. The first-order valence-electron chi connectivity index (χ1n) is 6.52. The van der Waals surface area contributed by atoms with E-state index in [2.05, 4.69) is 9.89 Å². The zero-order chi connectivity index (χ0) is 16.6. The number of halogens is 1. The number of aromatic nitrogens is 1. The van der Waals surface area contributed by atoms with E-state index in [0.717, 1.165) is 0 Å². The summed E-state index contributed by atoms with van der Waals surface area (Å²) in [6, 6.07) is 5.92. The molecule has 23 heavy (non-hydrogen) atoms. The van der Waals surface area contributed by atoms with Crippen LogP contribution in [0.15, 0.2) is 33.7 Å². The van der Waals surface area contributed by atoms with Gasteiger partial charge in [-0.15, -0.1) is 0 Å². The second kappa shape index (κ2) is 5.84. The van der Waals surface area contributed by atoms with E-state index >= 15 is 0 Å². The lowest BCUT2D eigenvalue weighted by Gasteiger charge is -2.25. The van der Waals surface area contributed by atoms with E-state index in [-0.39, 0.29) is 30.3 Å². The molecule has 0 aliphatic carbocycles. The first-order chi connectivity index (χ1) is 10.9. The number of ether oxygens (including phenoxy) is 1. The van der Waals surface area contributed by atoms with Crippen molar-refractivity contribution >= 4 is 27.8 Å². The van der Waals surface area contributed by atoms with Crippen LogP contribution in [0.3, 0.4) is 0 Å². The molecule has 3 rings (SSSR count). The van der Waals surface area contributed by atoms with E-state index in [4.69, 9.17) is 21.2 Å². The van der Waals surface area contributed by atoms with Gasteiger partial charge < -0.3 is 14.4 Å². The lowest BCUT2D eigenvalue weighted by Crippen LogP contribution is -2.35. The van der Waals surface area contributed by atoms with Crippen molar-refractivity contribution in [3.63, 3.8) is 0 Å². The van der Waals surface area contributed by atoms with E-state index in [1.807, 2.05) is 0 Å². The second-order valence-electron chi connectivity index (χ2n) is 4.80. The summed E-state index contributed by atoms with van der Waals surface area (Å²) in [4.78, 5) is 10.7. The zero-order valence-corrected chi connectivity index (χ0v) is 13.2. The smallest absolute Gasteiger partial charge is 0.449 e. The predicted octanol–water partition coefficient (Wildman–Crippen LogP) is 2.13. The summed E-state index contributed by atoms with van der Waals surface area (Å²) in [5.41, 5.74) is 0.309. The molecule has 0 atom stereocenters. The summed E-state index contributed by atoms with van der Waals surface area (Å²) >= 11 is 5.84. The van der Waals surface area contributed by atoms with Crippen molar-refractivity contribution in [2.45, 2.75) is 17.9 Å². The zero-order valence-electron chi connectivity index (χ0n) is 11.6. The van der Waals surface area contributed by atoms with E-state index in [0.29, 0.717) is 16.3 Å². The van der Waals surface area contributed by atoms with Crippen molar-refractivity contribution in [3.8, 4) is 5.88 Å². The first kappa shape index (κ1) is 15.8. The molecule has 0 radical (unpaired) electrons. The van der Waals surface area contributed by atoms with Gasteiger partial charge in [0.05, 0.1) is 10.5 Å². The topological polar surface area (TPSA) is 110 Å². The molecule has 0 saturated carbocycles. The molecular weight excluding hydrogens is 348 g/mol. The Morgan fingerprint density at radius 2 is 2.22 bits per heavy atom. The summed E-state index contributed by atoms with van der Waals surface area (Å²) in [5, 5.41) is 12.5. The maximum absolute atomic E-state index is 12.7. The fraction of sp³-hybridized carbons (Fsp3) is 0.231. The molecule has 0 amide bonds. The van der Waals surface area contributed by atoms with Crippen LogP contribution in [0.5, 0.6) is 5.88 Å². The molecule has 122 valence electrons. The molecule has 1 N–H and O–H groups in total. The number of hydrogen-bond acceptors (Lipinski definition) is 6. The van der Waals surface area contributed by atoms with Crippen molar-refractivity contribution in [3.05, 3.63) is 40.6 Å². The van der Waals surface area contributed by atoms with Crippen molar-refractivity contribution in [1.29, 1.82) is 0 Å². The van der Waals surface area contributed by atoms with Gasteiger partial charge in [0.2, 0.25) is 10.0 Å². The van der Waals surface area contributed by atoms with Crippen LogP contribution in [0, 0.1) is 0 Å². The van der Waals surface area contributed by atoms with Crippen LogP contribution < -0.4 is 4.74 Å². The third-order valence-electron chi connectivity index (χ3n) is 3.37. The lowest BCUT2D eigenvalue weighted by molar-refractivity contribution is 0.140. The summed E-state index contributed by atoms with van der Waals surface area (Å²) in [5.74, 6) is 0.178. The number of carboxylic acid groups (broad SMARTS) is 1. The Labute approximate surface area is 136 Å². The highest BCUT2D eigenvalue weighted by atomic mass is 35.5. The van der Waals surface area contributed by atoms with Gasteiger partial charge in [0.25, 0.3) is 5.88 Å². The molecule has 0 fully saturated rings. The number of hydrogen-bond donors (Lipinski definition) is 1. The van der Waals surface area contributed by atoms with Crippen LogP contribution in [-0.4, -0.2) is 35.7 Å². The van der Waals surface area contributed by atoms with Gasteiger partial charge in [-0.1, -0.05) is 17.7 Å². The third kappa shape index (κ3) is 3.03. The molecule has 1 aromatic heterocycles. The minimum Gasteiger partial charge on any atom is -0.449 e. The molecule has 1 aliphatic heterocycles. The molecule has 0 spiro atoms. The van der Waals surface area contributed by atoms with Crippen molar-refractivity contribution < 1.29 is 27.6 Å². The van der Waals surface area contributed by atoms with Crippen LogP contribution >= 0.6 is 11.6 Å². The number of rotatable bonds is 3. The van der Waals surface area contributed by atoms with Gasteiger partial charge in [0, 0.05) is 24.5 Å². The Kier molecular flexibility index (Phi) is 4.00. The van der Waals surface area contributed by atoms with Crippen LogP contribution in [0.1, 0.15) is 11.3 Å². The third-order valence-corrected chi connectivity index (χ3v) is 5.45. The number of benzene rings is 1. The standard InChI is InChI=1S/C13H11ClN2O6S/c14-8-2-1-3-9(6-8)23(19,20)16-5-4-11-10(7-16)12(15-22-11)21-13(17)18/h1-3,6H,4-5,7H2,(H,17,18). The number of fused-ring (bicyclic) bond motifs is 1. The number of carbonyl (C=O) groups is 1. The molecule has 0 bridgehead atoms. The highest BCUT2D eigenvalue weighted by molar-refractivity contribution is 7.89. The second-order valence-corrected chi connectivity index (χ2v) is 7.18. The van der Waals surface area contributed by atoms with Crippen molar-refractivity contribution in [1.82, 2.24) is 9.46 Å². The van der Waals surface area contributed by atoms with Gasteiger partial charge in [-0.05, 0) is 23.4 Å². The van der Waals surface area contributed by atoms with E-state index in [1.54, 1.807) is 12.1 Å². The Morgan fingerprint density at radius 3 is 2.91 bits per heavy atom. The summed E-state index contributed by atoms with van der Waals surface area (Å²) in [7, 11) is -3.77. The highest BCUT2D eigenvalue weighted by Crippen LogP contribution is 2.31. The van der Waals surface area contributed by atoms with Crippen molar-refractivity contribution in [2.75, 3.05) is 6.54 Å². The summed E-state index contributed by atoms with van der Waals surface area (Å²) in [6.45, 7) is 0.0971. The van der Waals surface area contributed by atoms with Gasteiger partial charge in [0.15, 0.2) is 0 Å². The van der Waals surface area contributed by atoms with Crippen LogP contribution in [-0.2, 0) is 23.0 Å². The van der Waals surface area contributed by atoms with Crippen molar-refractivity contribution in [2.24, 2.45) is 0 Å². The minimum atomic E-state index is -3.77. The molecular formula is C13H11ClN2O6S. The quantitative estimate of drug-likeness (QED) is 0.837. The SMILES string of the molecule is O=C(O)Oc1noc2c1CN(S(=O)(=O)c1cccc(Cl)c1)CC2. The number of sulfonamides is 1. The van der Waals surface area contributed by atoms with Gasteiger partial charge in [0.1, 0.15) is 5.76 Å². The van der Waals surface area contributed by atoms with Gasteiger partial charge >= 0.3 is 6.16 Å². The van der Waals surface area contributed by atoms with E-state index in [1.165, 1.54) is 16.4 Å². The van der Waals surface area contributed by atoms with E-state index in [9.17, 15) is 13.2 Å². The molecule has 1 aliphatic rings. The first-order valence-corrected chi connectivity index (χ1v) is 8.33. The molecule has 1 aromatic carbocycles. The summed E-state index contributed by atoms with van der Waals surface area (Å²) < 4.78 is 36.0. The fourth-order valence-electron chi connectivity index (χ4n) is 2.30. The molecule has 8 nitrogen and oxygen atoms in total. The van der Waals surface area contributed by atoms with Gasteiger partial charge in [-0.25, -0.2) is 13.2 Å². The average Bonchev–Trinajstić information content (AvgIpc) is 2.89. The lowest BCUT2D eigenvalue weighted by atomic mass is 10.1. The highest BCUT2D eigenvalue weighted by Gasteiger charge is 2.33. The predicted molar refractivity (Wildman–Crippen MR) is 77.9 cm³/mol. The molecule has 2 aromatic rings. The minimum absolute atomic E-state index is 0.0607. The summed E-state index contributed by atoms with van der Waals surface area (Å²) in [6.07, 6.45) is -1.28. The molecule has 0 unspecified atom stereocenters.